The predicted octanol–water partition coefficient (Wildman–Crippen LogP) is 2.64. The van der Waals surface area contributed by atoms with E-state index in [0.717, 1.165) is 16.8 Å². The Balaban J connectivity index is 2.10. The van der Waals surface area contributed by atoms with E-state index in [1.807, 2.05) is 45.0 Å². The lowest BCUT2D eigenvalue weighted by Gasteiger charge is -2.12. The van der Waals surface area contributed by atoms with Gasteiger partial charge in [0.2, 0.25) is 11.8 Å². The van der Waals surface area contributed by atoms with Crippen molar-refractivity contribution >= 4 is 5.95 Å². The summed E-state index contributed by atoms with van der Waals surface area (Å²) in [5.41, 5.74) is 8.89. The van der Waals surface area contributed by atoms with Gasteiger partial charge in [0.25, 0.3) is 0 Å². The van der Waals surface area contributed by atoms with Gasteiger partial charge in [-0.25, -0.2) is 4.98 Å². The normalized spacial score (nSPS) is 10.7. The molecule has 0 radical (unpaired) electrons. The third kappa shape index (κ3) is 4.43. The lowest BCUT2D eigenvalue weighted by Crippen LogP contribution is -2.11. The Morgan fingerprint density at radius 3 is 2.57 bits per heavy atom. The molecular weight excluding hydrogens is 264 g/mol. The molecule has 0 aliphatic rings. The lowest BCUT2D eigenvalue weighted by atomic mass is 10.1. The Hall–Kier alpha value is -2.14. The SMILES string of the molecule is Cc1cc(OC(C)C)nc(NCc2ccccc2CN)n1. The maximum atomic E-state index is 5.74. The molecule has 21 heavy (non-hydrogen) atoms. The Morgan fingerprint density at radius 1 is 1.19 bits per heavy atom. The van der Waals surface area contributed by atoms with E-state index < -0.39 is 0 Å². The van der Waals surface area contributed by atoms with E-state index >= 15 is 0 Å². The van der Waals surface area contributed by atoms with Crippen LogP contribution in [0.1, 0.15) is 30.7 Å². The maximum Gasteiger partial charge on any atom is 0.226 e. The molecule has 2 aromatic rings. The number of nitrogens with one attached hydrogen (secondary N) is 1. The number of aromatic nitrogens is 2. The number of nitrogens with zero attached hydrogens (tertiary/aromatic N) is 2. The van der Waals surface area contributed by atoms with Gasteiger partial charge in [0, 0.05) is 24.8 Å². The van der Waals surface area contributed by atoms with Gasteiger partial charge in [0.15, 0.2) is 0 Å². The van der Waals surface area contributed by atoms with Gasteiger partial charge in [0.1, 0.15) is 0 Å². The molecular formula is C16H22N4O. The molecule has 0 atom stereocenters. The molecule has 2 rings (SSSR count). The first kappa shape index (κ1) is 15.3. The highest BCUT2D eigenvalue weighted by Crippen LogP contribution is 2.15. The lowest BCUT2D eigenvalue weighted by molar-refractivity contribution is 0.232. The van der Waals surface area contributed by atoms with Crippen LogP contribution in [0.5, 0.6) is 5.88 Å². The fraction of sp³-hybridized carbons (Fsp3) is 0.375. The highest BCUT2D eigenvalue weighted by molar-refractivity contribution is 5.35. The van der Waals surface area contributed by atoms with E-state index in [0.29, 0.717) is 24.9 Å². The second-order valence-corrected chi connectivity index (χ2v) is 5.16. The van der Waals surface area contributed by atoms with Gasteiger partial charge in [0.05, 0.1) is 6.10 Å². The third-order valence-electron chi connectivity index (χ3n) is 2.96. The Bertz CT molecular complexity index is 599. The van der Waals surface area contributed by atoms with E-state index in [1.54, 1.807) is 0 Å². The summed E-state index contributed by atoms with van der Waals surface area (Å²) in [6.45, 7) is 7.03. The number of benzene rings is 1. The Labute approximate surface area is 125 Å². The minimum atomic E-state index is 0.0881. The molecule has 0 saturated carbocycles. The van der Waals surface area contributed by atoms with Crippen molar-refractivity contribution in [3.8, 4) is 5.88 Å². The molecule has 5 heteroatoms. The Morgan fingerprint density at radius 2 is 1.90 bits per heavy atom. The fourth-order valence-corrected chi connectivity index (χ4v) is 2.02. The van der Waals surface area contributed by atoms with Crippen molar-refractivity contribution in [2.24, 2.45) is 5.73 Å². The van der Waals surface area contributed by atoms with Crippen molar-refractivity contribution in [2.75, 3.05) is 5.32 Å². The van der Waals surface area contributed by atoms with Gasteiger partial charge in [-0.3, -0.25) is 0 Å². The van der Waals surface area contributed by atoms with Crippen LogP contribution in [-0.4, -0.2) is 16.1 Å². The molecule has 3 N–H and O–H groups in total. The summed E-state index contributed by atoms with van der Waals surface area (Å²) in [5.74, 6) is 1.16. The van der Waals surface area contributed by atoms with Crippen molar-refractivity contribution in [1.29, 1.82) is 0 Å². The maximum absolute atomic E-state index is 5.74. The monoisotopic (exact) mass is 286 g/mol. The number of aryl methyl sites for hydroxylation is 1. The molecule has 0 unspecified atom stereocenters. The van der Waals surface area contributed by atoms with E-state index in [9.17, 15) is 0 Å². The van der Waals surface area contributed by atoms with E-state index in [4.69, 9.17) is 10.5 Å². The van der Waals surface area contributed by atoms with Gasteiger partial charge >= 0.3 is 0 Å². The molecule has 0 aliphatic carbocycles. The zero-order valence-electron chi connectivity index (χ0n) is 12.8. The number of hydrogen-bond donors (Lipinski definition) is 2. The summed E-state index contributed by atoms with van der Waals surface area (Å²) in [5, 5.41) is 3.23. The third-order valence-corrected chi connectivity index (χ3v) is 2.96. The molecule has 112 valence electrons. The van der Waals surface area contributed by atoms with Crippen LogP contribution in [0.4, 0.5) is 5.95 Å². The first-order valence-corrected chi connectivity index (χ1v) is 7.11. The van der Waals surface area contributed by atoms with E-state index in [-0.39, 0.29) is 6.10 Å². The summed E-state index contributed by atoms with van der Waals surface area (Å²) >= 11 is 0. The number of hydrogen-bond acceptors (Lipinski definition) is 5. The van der Waals surface area contributed by atoms with Crippen molar-refractivity contribution < 1.29 is 4.74 Å². The van der Waals surface area contributed by atoms with Gasteiger partial charge in [-0.05, 0) is 31.9 Å². The minimum absolute atomic E-state index is 0.0881. The van der Waals surface area contributed by atoms with Crippen LogP contribution in [0, 0.1) is 6.92 Å². The van der Waals surface area contributed by atoms with Crippen molar-refractivity contribution in [1.82, 2.24) is 9.97 Å². The van der Waals surface area contributed by atoms with Gasteiger partial charge in [-0.15, -0.1) is 0 Å². The number of ether oxygens (including phenoxy) is 1. The van der Waals surface area contributed by atoms with Gasteiger partial charge < -0.3 is 15.8 Å². The van der Waals surface area contributed by atoms with Crippen LogP contribution in [0.3, 0.4) is 0 Å². The molecule has 5 nitrogen and oxygen atoms in total. The largest absolute Gasteiger partial charge is 0.475 e. The first-order valence-electron chi connectivity index (χ1n) is 7.11. The second kappa shape index (κ2) is 7.04. The predicted molar refractivity (Wildman–Crippen MR) is 84.2 cm³/mol. The zero-order valence-corrected chi connectivity index (χ0v) is 12.8. The van der Waals surface area contributed by atoms with E-state index in [2.05, 4.69) is 21.4 Å². The standard InChI is InChI=1S/C16H22N4O/c1-11(2)21-15-8-12(3)19-16(20-15)18-10-14-7-5-4-6-13(14)9-17/h4-8,11H,9-10,17H2,1-3H3,(H,18,19,20). The molecule has 0 aliphatic heterocycles. The average Bonchev–Trinajstić information content (AvgIpc) is 2.44. The van der Waals surface area contributed by atoms with Crippen molar-refractivity contribution in [3.05, 3.63) is 47.2 Å². The molecule has 1 aromatic heterocycles. The highest BCUT2D eigenvalue weighted by Gasteiger charge is 2.06. The van der Waals surface area contributed by atoms with E-state index in [1.165, 1.54) is 0 Å². The van der Waals surface area contributed by atoms with Crippen LogP contribution in [-0.2, 0) is 13.1 Å². The van der Waals surface area contributed by atoms with Crippen LogP contribution < -0.4 is 15.8 Å². The Kier molecular flexibility index (Phi) is 5.11. The molecule has 0 amide bonds. The summed E-state index contributed by atoms with van der Waals surface area (Å²) in [4.78, 5) is 8.75. The van der Waals surface area contributed by atoms with Gasteiger partial charge in [-0.1, -0.05) is 24.3 Å². The van der Waals surface area contributed by atoms with Gasteiger partial charge in [-0.2, -0.15) is 4.98 Å². The molecule has 0 saturated heterocycles. The minimum Gasteiger partial charge on any atom is -0.475 e. The van der Waals surface area contributed by atoms with Crippen LogP contribution >= 0.6 is 0 Å². The quantitative estimate of drug-likeness (QED) is 0.854. The molecule has 0 bridgehead atoms. The van der Waals surface area contributed by atoms with Crippen LogP contribution in [0.2, 0.25) is 0 Å². The van der Waals surface area contributed by atoms with Crippen LogP contribution in [0.25, 0.3) is 0 Å². The second-order valence-electron chi connectivity index (χ2n) is 5.16. The zero-order chi connectivity index (χ0) is 15.2. The highest BCUT2D eigenvalue weighted by atomic mass is 16.5. The van der Waals surface area contributed by atoms with Crippen LogP contribution in [0.15, 0.2) is 30.3 Å². The summed E-state index contributed by atoms with van der Waals surface area (Å²) in [7, 11) is 0. The molecule has 0 spiro atoms. The smallest absolute Gasteiger partial charge is 0.226 e. The van der Waals surface area contributed by atoms with Crippen molar-refractivity contribution in [3.63, 3.8) is 0 Å². The number of rotatable bonds is 6. The molecule has 1 heterocycles. The number of nitrogens with two attached hydrogens (primary N) is 1. The summed E-state index contributed by atoms with van der Waals surface area (Å²) < 4.78 is 5.62. The summed E-state index contributed by atoms with van der Waals surface area (Å²) in [6.07, 6.45) is 0.0881. The summed E-state index contributed by atoms with van der Waals surface area (Å²) in [6, 6.07) is 9.90. The average molecular weight is 286 g/mol. The molecule has 1 aromatic carbocycles. The topological polar surface area (TPSA) is 73.1 Å². The van der Waals surface area contributed by atoms with Crippen molar-refractivity contribution in [2.45, 2.75) is 40.0 Å². The number of anilines is 1. The fourth-order valence-electron chi connectivity index (χ4n) is 2.02. The molecule has 0 fully saturated rings. The first-order chi connectivity index (χ1) is 10.1.